The number of carbonyl (C=O) groups is 1. The number of carbonyl (C=O) groups excluding carboxylic acids is 1. The summed E-state index contributed by atoms with van der Waals surface area (Å²) < 4.78 is 22.7. The summed E-state index contributed by atoms with van der Waals surface area (Å²) in [7, 11) is -2.94. The quantitative estimate of drug-likeness (QED) is 0.897. The van der Waals surface area contributed by atoms with Gasteiger partial charge >= 0.3 is 6.03 Å². The lowest BCUT2D eigenvalue weighted by Crippen LogP contribution is -2.53. The summed E-state index contributed by atoms with van der Waals surface area (Å²) in [5, 5.41) is 3.01. The monoisotopic (exact) mass is 308 g/mol. The van der Waals surface area contributed by atoms with Gasteiger partial charge in [0, 0.05) is 19.1 Å². The molecule has 1 aliphatic heterocycles. The molecule has 1 aromatic carbocycles. The first-order valence-corrected chi connectivity index (χ1v) is 9.16. The fraction of sp³-hybridized carbons (Fsp3) is 0.533. The molecule has 1 heterocycles. The summed E-state index contributed by atoms with van der Waals surface area (Å²) in [5.74, 6) is 0.688. The average molecular weight is 308 g/mol. The molecule has 6 heteroatoms. The normalized spacial score (nSPS) is 27.7. The summed E-state index contributed by atoms with van der Waals surface area (Å²) >= 11 is 0. The Morgan fingerprint density at radius 3 is 2.33 bits per heavy atom. The van der Waals surface area contributed by atoms with Crippen molar-refractivity contribution >= 4 is 15.9 Å². The summed E-state index contributed by atoms with van der Waals surface area (Å²) in [5.41, 5.74) is 1.33. The van der Waals surface area contributed by atoms with Crippen LogP contribution in [0.25, 0.3) is 0 Å². The molecule has 114 valence electrons. The van der Waals surface area contributed by atoms with Gasteiger partial charge in [-0.05, 0) is 24.3 Å². The van der Waals surface area contributed by atoms with Crippen molar-refractivity contribution in [3.05, 3.63) is 35.9 Å². The summed E-state index contributed by atoms with van der Waals surface area (Å²) in [6, 6.07) is 10.4. The van der Waals surface area contributed by atoms with Gasteiger partial charge in [0.1, 0.15) is 0 Å². The first-order valence-electron chi connectivity index (χ1n) is 7.34. The highest BCUT2D eigenvalue weighted by Gasteiger charge is 2.33. The van der Waals surface area contributed by atoms with Crippen LogP contribution in [-0.4, -0.2) is 50.0 Å². The Balaban J connectivity index is 1.45. The van der Waals surface area contributed by atoms with E-state index in [1.54, 1.807) is 4.90 Å². The zero-order chi connectivity index (χ0) is 14.9. The number of urea groups is 1. The van der Waals surface area contributed by atoms with Gasteiger partial charge in [0.05, 0.1) is 11.5 Å². The van der Waals surface area contributed by atoms with Gasteiger partial charge in [-0.15, -0.1) is 0 Å². The Morgan fingerprint density at radius 1 is 1.10 bits per heavy atom. The first kappa shape index (κ1) is 14.4. The number of sulfone groups is 1. The van der Waals surface area contributed by atoms with Crippen molar-refractivity contribution in [2.24, 2.45) is 0 Å². The molecule has 1 aliphatic carbocycles. The third-order valence-corrected chi connectivity index (χ3v) is 5.98. The van der Waals surface area contributed by atoms with Crippen LogP contribution in [0.5, 0.6) is 0 Å². The average Bonchev–Trinajstić information content (AvgIpc) is 2.43. The maximum absolute atomic E-state index is 12.1. The zero-order valence-corrected chi connectivity index (χ0v) is 12.7. The van der Waals surface area contributed by atoms with Gasteiger partial charge in [0.15, 0.2) is 9.84 Å². The van der Waals surface area contributed by atoms with E-state index in [9.17, 15) is 13.2 Å². The Hall–Kier alpha value is -1.56. The van der Waals surface area contributed by atoms with Gasteiger partial charge in [-0.1, -0.05) is 30.3 Å². The molecule has 0 radical (unpaired) electrons. The molecule has 2 aliphatic rings. The fourth-order valence-corrected chi connectivity index (χ4v) is 4.12. The molecule has 21 heavy (non-hydrogen) atoms. The number of nitrogens with one attached hydrogen (secondary N) is 1. The minimum atomic E-state index is -2.94. The van der Waals surface area contributed by atoms with Crippen LogP contribution in [0.3, 0.4) is 0 Å². The molecule has 0 atom stereocenters. The van der Waals surface area contributed by atoms with E-state index in [1.807, 2.05) is 18.2 Å². The maximum atomic E-state index is 12.1. The van der Waals surface area contributed by atoms with Crippen molar-refractivity contribution in [1.82, 2.24) is 10.2 Å². The number of hydrogen-bond donors (Lipinski definition) is 1. The van der Waals surface area contributed by atoms with E-state index in [1.165, 1.54) is 5.56 Å². The van der Waals surface area contributed by atoms with Crippen molar-refractivity contribution in [3.8, 4) is 0 Å². The molecule has 0 spiro atoms. The van der Waals surface area contributed by atoms with Crippen molar-refractivity contribution < 1.29 is 13.2 Å². The van der Waals surface area contributed by atoms with E-state index in [2.05, 4.69) is 17.4 Å². The molecule has 0 bridgehead atoms. The second kappa shape index (κ2) is 5.67. The SMILES string of the molecule is O=C(NC1CC(c2ccccc2)C1)N1CCS(=O)(=O)CC1. The second-order valence-electron chi connectivity index (χ2n) is 5.86. The van der Waals surface area contributed by atoms with E-state index < -0.39 is 9.84 Å². The highest BCUT2D eigenvalue weighted by Crippen LogP contribution is 2.36. The van der Waals surface area contributed by atoms with Crippen molar-refractivity contribution in [3.63, 3.8) is 0 Å². The van der Waals surface area contributed by atoms with E-state index in [0.29, 0.717) is 19.0 Å². The molecule has 3 rings (SSSR count). The third kappa shape index (κ3) is 3.37. The molecule has 0 aromatic heterocycles. The van der Waals surface area contributed by atoms with Gasteiger partial charge < -0.3 is 10.2 Å². The maximum Gasteiger partial charge on any atom is 0.317 e. The number of amides is 2. The highest BCUT2D eigenvalue weighted by atomic mass is 32.2. The van der Waals surface area contributed by atoms with Crippen LogP contribution < -0.4 is 5.32 Å². The van der Waals surface area contributed by atoms with Crippen LogP contribution in [-0.2, 0) is 9.84 Å². The first-order chi connectivity index (χ1) is 10.0. The van der Waals surface area contributed by atoms with Gasteiger partial charge in [0.25, 0.3) is 0 Å². The van der Waals surface area contributed by atoms with Gasteiger partial charge in [-0.3, -0.25) is 0 Å². The number of nitrogens with zero attached hydrogens (tertiary/aromatic N) is 1. The van der Waals surface area contributed by atoms with Crippen molar-refractivity contribution in [2.45, 2.75) is 24.8 Å². The molecule has 1 saturated heterocycles. The largest absolute Gasteiger partial charge is 0.335 e. The number of hydrogen-bond acceptors (Lipinski definition) is 3. The number of benzene rings is 1. The Kier molecular flexibility index (Phi) is 3.89. The second-order valence-corrected chi connectivity index (χ2v) is 8.17. The molecule has 2 amide bonds. The van der Waals surface area contributed by atoms with Gasteiger partial charge in [-0.25, -0.2) is 13.2 Å². The summed E-state index contributed by atoms with van der Waals surface area (Å²) in [6.45, 7) is 0.617. The minimum absolute atomic E-state index is 0.0811. The Morgan fingerprint density at radius 2 is 1.71 bits per heavy atom. The lowest BCUT2D eigenvalue weighted by atomic mass is 9.76. The zero-order valence-electron chi connectivity index (χ0n) is 11.9. The van der Waals surface area contributed by atoms with E-state index in [-0.39, 0.29) is 23.6 Å². The van der Waals surface area contributed by atoms with E-state index in [4.69, 9.17) is 0 Å². The molecule has 0 unspecified atom stereocenters. The van der Waals surface area contributed by atoms with E-state index in [0.717, 1.165) is 12.8 Å². The lowest BCUT2D eigenvalue weighted by molar-refractivity contribution is 0.186. The number of rotatable bonds is 2. The predicted molar refractivity (Wildman–Crippen MR) is 81.0 cm³/mol. The third-order valence-electron chi connectivity index (χ3n) is 4.37. The molecule has 5 nitrogen and oxygen atoms in total. The van der Waals surface area contributed by atoms with E-state index >= 15 is 0 Å². The van der Waals surface area contributed by atoms with Crippen LogP contribution >= 0.6 is 0 Å². The minimum Gasteiger partial charge on any atom is -0.335 e. The molecule has 1 aromatic rings. The topological polar surface area (TPSA) is 66.5 Å². The Bertz CT molecular complexity index is 595. The molecule has 2 fully saturated rings. The van der Waals surface area contributed by atoms with Crippen molar-refractivity contribution in [2.75, 3.05) is 24.6 Å². The molecule has 1 N–H and O–H groups in total. The molecule has 1 saturated carbocycles. The van der Waals surface area contributed by atoms with Crippen LogP contribution in [0.15, 0.2) is 30.3 Å². The van der Waals surface area contributed by atoms with Crippen LogP contribution in [0.2, 0.25) is 0 Å². The van der Waals surface area contributed by atoms with Gasteiger partial charge in [-0.2, -0.15) is 0 Å². The van der Waals surface area contributed by atoms with Crippen LogP contribution in [0.1, 0.15) is 24.3 Å². The fourth-order valence-electron chi connectivity index (χ4n) is 2.91. The van der Waals surface area contributed by atoms with Crippen LogP contribution in [0.4, 0.5) is 4.79 Å². The smallest absolute Gasteiger partial charge is 0.317 e. The highest BCUT2D eigenvalue weighted by molar-refractivity contribution is 7.91. The van der Waals surface area contributed by atoms with Crippen molar-refractivity contribution in [1.29, 1.82) is 0 Å². The lowest BCUT2D eigenvalue weighted by Gasteiger charge is -2.38. The van der Waals surface area contributed by atoms with Crippen LogP contribution in [0, 0.1) is 0 Å². The standard InChI is InChI=1S/C15H20N2O3S/c18-15(17-6-8-21(19,20)9-7-17)16-14-10-13(11-14)12-4-2-1-3-5-12/h1-5,13-14H,6-11H2,(H,16,18). The summed E-state index contributed by atoms with van der Waals surface area (Å²) in [4.78, 5) is 13.7. The summed E-state index contributed by atoms with van der Waals surface area (Å²) in [6.07, 6.45) is 1.92. The molecular formula is C15H20N2O3S. The van der Waals surface area contributed by atoms with Gasteiger partial charge in [0.2, 0.25) is 0 Å². The Labute approximate surface area is 125 Å². The molecular weight excluding hydrogens is 288 g/mol. The predicted octanol–water partition coefficient (Wildman–Crippen LogP) is 1.37.